The van der Waals surface area contributed by atoms with Crippen molar-refractivity contribution in [1.82, 2.24) is 36.3 Å². The fourth-order valence-electron chi connectivity index (χ4n) is 10.6. The molecular formula is C59H83N9O11. The summed E-state index contributed by atoms with van der Waals surface area (Å²) < 4.78 is 25.0. The van der Waals surface area contributed by atoms with Crippen molar-refractivity contribution in [3.05, 3.63) is 113 Å². The van der Waals surface area contributed by atoms with Crippen LogP contribution in [-0.2, 0) is 59.8 Å². The third-order valence-electron chi connectivity index (χ3n) is 15.3. The van der Waals surface area contributed by atoms with Crippen LogP contribution in [0, 0.1) is 35.5 Å². The number of hydrogen-bond acceptors (Lipinski definition) is 13. The van der Waals surface area contributed by atoms with E-state index in [2.05, 4.69) is 49.9 Å². The lowest BCUT2D eigenvalue weighted by molar-refractivity contribution is -0.142. The van der Waals surface area contributed by atoms with Crippen LogP contribution >= 0.6 is 0 Å². The fourth-order valence-corrected chi connectivity index (χ4v) is 10.6. The van der Waals surface area contributed by atoms with Gasteiger partial charge in [0.2, 0.25) is 11.8 Å². The largest absolute Gasteiger partial charge is 0.454 e. The van der Waals surface area contributed by atoms with Crippen molar-refractivity contribution in [2.75, 3.05) is 18.5 Å². The van der Waals surface area contributed by atoms with E-state index in [1.54, 1.807) is 38.1 Å². The van der Waals surface area contributed by atoms with Crippen molar-refractivity contribution in [3.8, 4) is 0 Å². The standard InChI is InChI=1S/C59H83N9O11/c1-9-14-51-39(7)49(69)32-52(78-51)46(18-11-16-37(5)31-36(4)15-10-17-38(6)50-20-12-21-53(70)79-50)64-58(74)76-33-40-22-24-41(25-23-40)62-55(71)47(19-13-30-61-57(60)73)63-56(72)54(35(2)3)65-59(75)77-34-44-42-26-28-45-48(29-27-43(42)44)68(8)67-66-45/h9-12,14-18,21-25,35-36,39,42-44,46-47,49-52,54,69H,13,19-20,26-34H2,1-8H3,(H,62,71)(H,63,72)(H,64,74)(H,65,75)(H3,60,61,73)/b14-9+,15-10-,18-11+,37-16+,38-17+/t36-,39-,42+,43-,44+,46?,47+,49+,50+,51-,52-,54+/m0/s1. The fraction of sp³-hybridized carbons (Fsp3) is 0.559. The minimum Gasteiger partial charge on any atom is -0.454 e. The average molecular weight is 1090 g/mol. The Labute approximate surface area is 464 Å². The lowest BCUT2D eigenvalue weighted by Crippen LogP contribution is -2.54. The Hall–Kier alpha value is -7.06. The summed E-state index contributed by atoms with van der Waals surface area (Å²) in [5, 5.41) is 33.3. The highest BCUT2D eigenvalue weighted by molar-refractivity contribution is 5.98. The molecule has 2 fully saturated rings. The van der Waals surface area contributed by atoms with E-state index in [9.17, 15) is 33.9 Å². The van der Waals surface area contributed by atoms with E-state index in [1.807, 2.05) is 88.0 Å². The molecule has 0 radical (unpaired) electrons. The van der Waals surface area contributed by atoms with Crippen molar-refractivity contribution in [3.63, 3.8) is 0 Å². The number of nitrogens with zero attached hydrogens (tertiary/aromatic N) is 3. The van der Waals surface area contributed by atoms with Gasteiger partial charge in [-0.15, -0.1) is 5.10 Å². The molecule has 8 N–H and O–H groups in total. The highest BCUT2D eigenvalue weighted by Gasteiger charge is 2.50. The third-order valence-corrected chi connectivity index (χ3v) is 15.3. The molecule has 2 aromatic rings. The van der Waals surface area contributed by atoms with Crippen molar-refractivity contribution in [2.24, 2.45) is 48.3 Å². The Morgan fingerprint density at radius 3 is 2.38 bits per heavy atom. The quantitative estimate of drug-likeness (QED) is 0.0182. The molecule has 4 aliphatic rings. The van der Waals surface area contributed by atoms with Crippen LogP contribution in [0.15, 0.2) is 96.2 Å². The van der Waals surface area contributed by atoms with Gasteiger partial charge in [-0.05, 0) is 119 Å². The minimum atomic E-state index is -1.06. The third kappa shape index (κ3) is 18.8. The Bertz CT molecular complexity index is 2600. The first-order chi connectivity index (χ1) is 37.8. The molecule has 0 spiro atoms. The number of anilines is 1. The van der Waals surface area contributed by atoms with Gasteiger partial charge in [-0.1, -0.05) is 105 Å². The van der Waals surface area contributed by atoms with Crippen LogP contribution in [0.1, 0.15) is 110 Å². The van der Waals surface area contributed by atoms with E-state index in [0.29, 0.717) is 42.3 Å². The second-order valence-electron chi connectivity index (χ2n) is 21.8. The molecule has 20 heteroatoms. The van der Waals surface area contributed by atoms with Crippen molar-refractivity contribution in [2.45, 2.75) is 155 Å². The van der Waals surface area contributed by atoms with E-state index in [-0.39, 0.29) is 68.0 Å². The normalized spacial score (nSPS) is 24.8. The number of hydrogen-bond donors (Lipinski definition) is 7. The van der Waals surface area contributed by atoms with Crippen LogP contribution in [0.4, 0.5) is 20.1 Å². The number of primary amides is 1. The summed E-state index contributed by atoms with van der Waals surface area (Å²) in [5.74, 6) is -0.625. The second-order valence-corrected chi connectivity index (χ2v) is 21.8. The second kappa shape index (κ2) is 29.8. The number of nitrogens with two attached hydrogens (primary N) is 1. The number of ether oxygens (including phenoxy) is 4. The number of aryl methyl sites for hydroxylation is 2. The summed E-state index contributed by atoms with van der Waals surface area (Å²) >= 11 is 0. The smallest absolute Gasteiger partial charge is 0.408 e. The number of amides is 6. The summed E-state index contributed by atoms with van der Waals surface area (Å²) in [6, 6.07) is 3.23. The van der Waals surface area contributed by atoms with Gasteiger partial charge >= 0.3 is 24.2 Å². The number of urea groups is 1. The number of carbonyl (C=O) groups excluding carboxylic acids is 6. The molecule has 430 valence electrons. The van der Waals surface area contributed by atoms with Gasteiger partial charge in [0.25, 0.3) is 0 Å². The Morgan fingerprint density at radius 1 is 0.949 bits per heavy atom. The maximum atomic E-state index is 13.8. The van der Waals surface area contributed by atoms with Crippen LogP contribution in [0.5, 0.6) is 0 Å². The van der Waals surface area contributed by atoms with E-state index >= 15 is 0 Å². The minimum absolute atomic E-state index is 0.103. The number of rotatable bonds is 24. The highest BCUT2D eigenvalue weighted by Crippen LogP contribution is 2.53. The molecule has 1 saturated carbocycles. The number of alkyl carbamates (subject to hydrolysis) is 2. The molecule has 0 bridgehead atoms. The van der Waals surface area contributed by atoms with Gasteiger partial charge in [0.1, 0.15) is 24.8 Å². The molecule has 1 aromatic carbocycles. The zero-order valence-electron chi connectivity index (χ0n) is 47.0. The number of allylic oxidation sites excluding steroid dienone is 7. The first-order valence-electron chi connectivity index (χ1n) is 27.8. The van der Waals surface area contributed by atoms with Crippen molar-refractivity contribution < 1.29 is 52.8 Å². The van der Waals surface area contributed by atoms with Gasteiger partial charge in [0, 0.05) is 44.1 Å². The number of nitrogens with one attached hydrogen (secondary N) is 5. The zero-order chi connectivity index (χ0) is 57.2. The molecule has 79 heavy (non-hydrogen) atoms. The number of cyclic esters (lactones) is 1. The molecule has 6 rings (SSSR count). The van der Waals surface area contributed by atoms with Gasteiger partial charge in [-0.2, -0.15) is 0 Å². The van der Waals surface area contributed by atoms with E-state index in [1.165, 1.54) is 6.08 Å². The maximum absolute atomic E-state index is 13.8. The van der Waals surface area contributed by atoms with Gasteiger partial charge in [-0.3, -0.25) is 14.3 Å². The predicted octanol–water partition coefficient (Wildman–Crippen LogP) is 7.11. The van der Waals surface area contributed by atoms with E-state index in [0.717, 1.165) is 54.6 Å². The number of aliphatic hydroxyl groups is 1. The van der Waals surface area contributed by atoms with Gasteiger partial charge in [0.05, 0.1) is 42.3 Å². The SMILES string of the molecule is C/C=C/[C@@H]1O[C@H](C(/C=C/C=C(\C)C[C@@H](C)/C=C\C=C(/C)[C@H]2CC=CC(=O)O2)NC(=O)OCc2ccc(NC(=O)[C@@H](CCCNC(N)=O)NC(=O)[C@H](NC(=O)OC[C@@H]3[C@@H]4CCc5nnn(C)c5CC[C@@H]43)C(C)C)cc2)C[C@@H](O)[C@@H]1C. The lowest BCUT2D eigenvalue weighted by Gasteiger charge is -2.39. The van der Waals surface area contributed by atoms with Crippen LogP contribution in [-0.4, -0.2) is 112 Å². The summed E-state index contributed by atoms with van der Waals surface area (Å²) in [6.07, 6.45) is 21.3. The van der Waals surface area contributed by atoms with Crippen LogP contribution in [0.2, 0.25) is 0 Å². The summed E-state index contributed by atoms with van der Waals surface area (Å²) in [5.41, 5.74) is 10.6. The molecule has 12 atom stereocenters. The first kappa shape index (κ1) is 61.2. The van der Waals surface area contributed by atoms with Crippen LogP contribution in [0.3, 0.4) is 0 Å². The molecule has 3 heterocycles. The topological polar surface area (TPSA) is 276 Å². The van der Waals surface area contributed by atoms with Gasteiger partial charge in [0.15, 0.2) is 0 Å². The molecule has 20 nitrogen and oxygen atoms in total. The molecular weight excluding hydrogens is 1010 g/mol. The summed E-state index contributed by atoms with van der Waals surface area (Å²) in [7, 11) is 1.91. The Kier molecular flexibility index (Phi) is 23.1. The van der Waals surface area contributed by atoms with Crippen LogP contribution < -0.4 is 32.3 Å². The maximum Gasteiger partial charge on any atom is 0.408 e. The van der Waals surface area contributed by atoms with Crippen molar-refractivity contribution in [1.29, 1.82) is 0 Å². The molecule has 6 amide bonds. The number of aliphatic hydroxyl groups excluding tert-OH is 1. The average Bonchev–Trinajstić information content (AvgIpc) is 4.18. The number of fused-ring (bicyclic) bond motifs is 2. The molecule has 1 unspecified atom stereocenters. The molecule has 2 aliphatic carbocycles. The summed E-state index contributed by atoms with van der Waals surface area (Å²) in [6.45, 7) is 13.8. The number of carbonyl (C=O) groups is 6. The lowest BCUT2D eigenvalue weighted by atomic mass is 9.87. The summed E-state index contributed by atoms with van der Waals surface area (Å²) in [4.78, 5) is 77.3. The van der Waals surface area contributed by atoms with Crippen LogP contribution in [0.25, 0.3) is 0 Å². The molecule has 2 aliphatic heterocycles. The first-order valence-corrected chi connectivity index (χ1v) is 27.8. The number of aromatic nitrogens is 3. The Balaban J connectivity index is 1.01. The van der Waals surface area contributed by atoms with E-state index < -0.39 is 60.4 Å². The highest BCUT2D eigenvalue weighted by atomic mass is 16.6. The monoisotopic (exact) mass is 1090 g/mol. The van der Waals surface area contributed by atoms with E-state index in [4.69, 9.17) is 24.7 Å². The number of esters is 1. The molecule has 1 aromatic heterocycles. The van der Waals surface area contributed by atoms with Crippen molar-refractivity contribution >= 4 is 41.7 Å². The van der Waals surface area contributed by atoms with Gasteiger partial charge < -0.3 is 56.4 Å². The zero-order valence-corrected chi connectivity index (χ0v) is 47.0. The molecule has 1 saturated heterocycles. The number of benzene rings is 1. The van der Waals surface area contributed by atoms with Gasteiger partial charge in [-0.25, -0.2) is 19.2 Å². The predicted molar refractivity (Wildman–Crippen MR) is 299 cm³/mol. The Morgan fingerprint density at radius 2 is 1.67 bits per heavy atom.